The van der Waals surface area contributed by atoms with Gasteiger partial charge in [0.1, 0.15) is 0 Å². The highest BCUT2D eigenvalue weighted by Gasteiger charge is 2.37. The quantitative estimate of drug-likeness (QED) is 0.602. The van der Waals surface area contributed by atoms with E-state index in [1.54, 1.807) is 41.9 Å². The molecule has 0 saturated carbocycles. The Morgan fingerprint density at radius 3 is 2.41 bits per heavy atom. The van der Waals surface area contributed by atoms with Crippen molar-refractivity contribution in [3.63, 3.8) is 0 Å². The maximum absolute atomic E-state index is 13.1. The van der Waals surface area contributed by atoms with Crippen molar-refractivity contribution < 1.29 is 28.4 Å². The van der Waals surface area contributed by atoms with Crippen LogP contribution in [0.15, 0.2) is 28.8 Å². The maximum atomic E-state index is 13.1. The Bertz CT molecular complexity index is 1060. The van der Waals surface area contributed by atoms with Gasteiger partial charge < -0.3 is 28.7 Å². The first-order valence-corrected chi connectivity index (χ1v) is 11.4. The molecule has 3 amide bonds. The van der Waals surface area contributed by atoms with Gasteiger partial charge >= 0.3 is 0 Å². The Hall–Kier alpha value is -3.56. The van der Waals surface area contributed by atoms with E-state index in [4.69, 9.17) is 14.0 Å². The summed E-state index contributed by atoms with van der Waals surface area (Å²) in [5.41, 5.74) is 1.68. The van der Waals surface area contributed by atoms with Gasteiger partial charge in [0.15, 0.2) is 11.5 Å². The number of piperazine rings is 1. The van der Waals surface area contributed by atoms with E-state index >= 15 is 0 Å². The van der Waals surface area contributed by atoms with E-state index in [9.17, 15) is 14.4 Å². The van der Waals surface area contributed by atoms with Crippen LogP contribution in [-0.2, 0) is 16.0 Å². The van der Waals surface area contributed by atoms with Gasteiger partial charge in [0, 0.05) is 51.8 Å². The summed E-state index contributed by atoms with van der Waals surface area (Å²) in [7, 11) is 3.18. The lowest BCUT2D eigenvalue weighted by Gasteiger charge is -2.35. The summed E-state index contributed by atoms with van der Waals surface area (Å²) in [4.78, 5) is 43.3. The molecule has 1 unspecified atom stereocenters. The van der Waals surface area contributed by atoms with Crippen LogP contribution in [0.4, 0.5) is 0 Å². The zero-order valence-electron chi connectivity index (χ0n) is 19.8. The molecule has 0 aliphatic carbocycles. The van der Waals surface area contributed by atoms with Gasteiger partial charge in [-0.1, -0.05) is 11.2 Å². The second kappa shape index (κ2) is 10.1. The van der Waals surface area contributed by atoms with Gasteiger partial charge in [0.25, 0.3) is 5.91 Å². The van der Waals surface area contributed by atoms with Crippen molar-refractivity contribution in [3.05, 3.63) is 41.3 Å². The minimum atomic E-state index is -0.350. The molecule has 0 spiro atoms. The van der Waals surface area contributed by atoms with Crippen molar-refractivity contribution in [1.82, 2.24) is 19.9 Å². The van der Waals surface area contributed by atoms with E-state index in [1.807, 2.05) is 18.2 Å². The van der Waals surface area contributed by atoms with Gasteiger partial charge in [-0.3, -0.25) is 14.4 Å². The van der Waals surface area contributed by atoms with Crippen LogP contribution in [0.3, 0.4) is 0 Å². The minimum absolute atomic E-state index is 0.00618. The van der Waals surface area contributed by atoms with E-state index in [2.05, 4.69) is 5.16 Å². The third kappa shape index (κ3) is 5.00. The van der Waals surface area contributed by atoms with Gasteiger partial charge in [-0.05, 0) is 31.0 Å². The molecule has 1 aromatic heterocycles. The fourth-order valence-electron chi connectivity index (χ4n) is 4.46. The van der Waals surface area contributed by atoms with Gasteiger partial charge in [-0.15, -0.1) is 0 Å². The molecule has 2 saturated heterocycles. The van der Waals surface area contributed by atoms with Crippen LogP contribution >= 0.6 is 0 Å². The standard InChI is InChI=1S/C24H30N4O6/c1-16-12-21(34-25-16)24(31)27-10-8-26(9-11-27)23(30)18-14-22(29)28(15-18)7-6-17-4-5-19(32-2)20(13-17)33-3/h4-5,12-13,18H,6-11,14-15H2,1-3H3. The SMILES string of the molecule is COc1ccc(CCN2CC(C(=O)N3CCN(C(=O)c4cc(C)no4)CC3)CC2=O)cc1OC. The van der Waals surface area contributed by atoms with Crippen molar-refractivity contribution in [2.24, 2.45) is 5.92 Å². The largest absolute Gasteiger partial charge is 0.493 e. The first-order valence-electron chi connectivity index (χ1n) is 11.4. The molecular weight excluding hydrogens is 440 g/mol. The molecule has 0 radical (unpaired) electrons. The fourth-order valence-corrected chi connectivity index (χ4v) is 4.46. The van der Waals surface area contributed by atoms with Gasteiger partial charge in [0.2, 0.25) is 17.6 Å². The number of hydrogen-bond acceptors (Lipinski definition) is 7. The van der Waals surface area contributed by atoms with Gasteiger partial charge in [-0.25, -0.2) is 0 Å². The van der Waals surface area contributed by atoms with Crippen molar-refractivity contribution in [3.8, 4) is 11.5 Å². The number of amides is 3. The predicted octanol–water partition coefficient (Wildman–Crippen LogP) is 1.38. The van der Waals surface area contributed by atoms with Crippen LogP contribution in [0.25, 0.3) is 0 Å². The number of hydrogen-bond donors (Lipinski definition) is 0. The Kier molecular flexibility index (Phi) is 7.04. The molecular formula is C24H30N4O6. The van der Waals surface area contributed by atoms with E-state index in [0.29, 0.717) is 62.9 Å². The average Bonchev–Trinajstić information content (AvgIpc) is 3.46. The second-order valence-electron chi connectivity index (χ2n) is 8.63. The highest BCUT2D eigenvalue weighted by atomic mass is 16.5. The first kappa shape index (κ1) is 23.6. The maximum Gasteiger partial charge on any atom is 0.292 e. The molecule has 1 atom stereocenters. The van der Waals surface area contributed by atoms with Gasteiger partial charge in [0.05, 0.1) is 25.8 Å². The molecule has 2 aliphatic rings. The third-order valence-corrected chi connectivity index (χ3v) is 6.40. The van der Waals surface area contributed by atoms with Crippen molar-refractivity contribution >= 4 is 17.7 Å². The zero-order chi connectivity index (χ0) is 24.2. The number of nitrogens with zero attached hydrogens (tertiary/aromatic N) is 4. The number of benzene rings is 1. The summed E-state index contributed by atoms with van der Waals surface area (Å²) in [5, 5.41) is 3.76. The molecule has 3 heterocycles. The molecule has 1 aromatic carbocycles. The molecule has 0 N–H and O–H groups in total. The highest BCUT2D eigenvalue weighted by molar-refractivity contribution is 5.92. The third-order valence-electron chi connectivity index (χ3n) is 6.40. The highest BCUT2D eigenvalue weighted by Crippen LogP contribution is 2.28. The fraction of sp³-hybridized carbons (Fsp3) is 0.500. The molecule has 10 nitrogen and oxygen atoms in total. The predicted molar refractivity (Wildman–Crippen MR) is 122 cm³/mol. The number of rotatable bonds is 7. The van der Waals surface area contributed by atoms with E-state index in [1.165, 1.54) is 0 Å². The monoisotopic (exact) mass is 470 g/mol. The number of carbonyl (C=O) groups is 3. The average molecular weight is 471 g/mol. The van der Waals surface area contributed by atoms with Crippen LogP contribution in [0.5, 0.6) is 11.5 Å². The van der Waals surface area contributed by atoms with Crippen LogP contribution < -0.4 is 9.47 Å². The summed E-state index contributed by atoms with van der Waals surface area (Å²) < 4.78 is 15.7. The number of ether oxygens (including phenoxy) is 2. The smallest absolute Gasteiger partial charge is 0.292 e. The lowest BCUT2D eigenvalue weighted by atomic mass is 10.1. The van der Waals surface area contributed by atoms with Crippen molar-refractivity contribution in [2.75, 3.05) is 53.5 Å². The summed E-state index contributed by atoms with van der Waals surface area (Å²) in [6.07, 6.45) is 0.885. The zero-order valence-corrected chi connectivity index (χ0v) is 19.8. The molecule has 2 fully saturated rings. The summed E-state index contributed by atoms with van der Waals surface area (Å²) in [5.74, 6) is 0.924. The van der Waals surface area contributed by atoms with Crippen LogP contribution in [0.1, 0.15) is 28.2 Å². The summed E-state index contributed by atoms with van der Waals surface area (Å²) >= 11 is 0. The van der Waals surface area contributed by atoms with Crippen molar-refractivity contribution in [1.29, 1.82) is 0 Å². The second-order valence-corrected chi connectivity index (χ2v) is 8.63. The minimum Gasteiger partial charge on any atom is -0.493 e. The summed E-state index contributed by atoms with van der Waals surface area (Å²) in [6, 6.07) is 7.31. The lowest BCUT2D eigenvalue weighted by Crippen LogP contribution is -2.52. The number of aryl methyl sites for hydroxylation is 1. The number of aromatic nitrogens is 1. The van der Waals surface area contributed by atoms with E-state index in [0.717, 1.165) is 5.56 Å². The van der Waals surface area contributed by atoms with Crippen molar-refractivity contribution in [2.45, 2.75) is 19.8 Å². The number of methoxy groups -OCH3 is 2. The van der Waals surface area contributed by atoms with Crippen LogP contribution in [0.2, 0.25) is 0 Å². The molecule has 10 heteroatoms. The Morgan fingerprint density at radius 1 is 1.06 bits per heavy atom. The Balaban J connectivity index is 1.27. The van der Waals surface area contributed by atoms with E-state index in [-0.39, 0.29) is 35.8 Å². The molecule has 2 aromatic rings. The normalized spacial score (nSPS) is 18.4. The molecule has 2 aliphatic heterocycles. The number of carbonyl (C=O) groups excluding carboxylic acids is 3. The topological polar surface area (TPSA) is 105 Å². The first-order chi connectivity index (χ1) is 16.4. The van der Waals surface area contributed by atoms with E-state index < -0.39 is 0 Å². The Morgan fingerprint density at radius 2 is 1.76 bits per heavy atom. The van der Waals surface area contributed by atoms with Crippen LogP contribution in [-0.4, -0.2) is 91.1 Å². The van der Waals surface area contributed by atoms with Crippen LogP contribution in [0, 0.1) is 12.8 Å². The molecule has 34 heavy (non-hydrogen) atoms. The number of likely N-dealkylation sites (tertiary alicyclic amines) is 1. The summed E-state index contributed by atoms with van der Waals surface area (Å²) in [6.45, 7) is 4.44. The molecule has 182 valence electrons. The molecule has 0 bridgehead atoms. The lowest BCUT2D eigenvalue weighted by molar-refractivity contribution is -0.137. The van der Waals surface area contributed by atoms with Gasteiger partial charge in [-0.2, -0.15) is 0 Å². The Labute approximate surface area is 198 Å². The molecule has 4 rings (SSSR count).